The highest BCUT2D eigenvalue weighted by atomic mass is 15.4. The van der Waals surface area contributed by atoms with Gasteiger partial charge in [0.2, 0.25) is 5.95 Å². The third kappa shape index (κ3) is 2.92. The van der Waals surface area contributed by atoms with Gasteiger partial charge in [-0.3, -0.25) is 0 Å². The highest BCUT2D eigenvalue weighted by Gasteiger charge is 2.10. The summed E-state index contributed by atoms with van der Waals surface area (Å²) in [4.78, 5) is 7.74. The number of nitrogens with one attached hydrogen (secondary N) is 2. The second kappa shape index (κ2) is 6.42. The zero-order valence-electron chi connectivity index (χ0n) is 13.1. The zero-order valence-corrected chi connectivity index (χ0v) is 13.1. The van der Waals surface area contributed by atoms with Crippen LogP contribution in [0.5, 0.6) is 0 Å². The molecule has 5 heteroatoms. The van der Waals surface area contributed by atoms with Gasteiger partial charge in [-0.1, -0.05) is 42.5 Å². The number of H-pyrrole nitrogens is 1. The molecule has 2 N–H and O–H groups in total. The molecule has 0 fully saturated rings. The van der Waals surface area contributed by atoms with Crippen LogP contribution in [0, 0.1) is 0 Å². The van der Waals surface area contributed by atoms with Crippen LogP contribution in [0.3, 0.4) is 0 Å². The molecule has 24 heavy (non-hydrogen) atoms. The normalized spacial score (nSPS) is 11.3. The lowest BCUT2D eigenvalue weighted by Gasteiger charge is -2.08. The number of para-hydroxylation sites is 2. The number of imidazole rings is 1. The van der Waals surface area contributed by atoms with Crippen molar-refractivity contribution in [3.05, 3.63) is 84.2 Å². The van der Waals surface area contributed by atoms with Crippen molar-refractivity contribution in [1.29, 1.82) is 0 Å². The maximum Gasteiger partial charge on any atom is 0.225 e. The predicted octanol–water partition coefficient (Wildman–Crippen LogP) is 3.86. The zero-order chi connectivity index (χ0) is 16.2. The Morgan fingerprint density at radius 1 is 1.00 bits per heavy atom. The highest BCUT2D eigenvalue weighted by molar-refractivity contribution is 5.80. The Morgan fingerprint density at radius 2 is 1.83 bits per heavy atom. The molecule has 0 bridgehead atoms. The van der Waals surface area contributed by atoms with Gasteiger partial charge in [-0.2, -0.15) is 5.10 Å². The molecule has 2 heterocycles. The first-order valence-corrected chi connectivity index (χ1v) is 7.82. The summed E-state index contributed by atoms with van der Waals surface area (Å²) in [6.45, 7) is 0.738. The lowest BCUT2D eigenvalue weighted by Crippen LogP contribution is -2.05. The fraction of sp³-hybridized carbons (Fsp3) is 0.0526. The molecule has 0 saturated heterocycles. The molecule has 2 aromatic carbocycles. The lowest BCUT2D eigenvalue weighted by molar-refractivity contribution is 0.828. The second-order valence-corrected chi connectivity index (χ2v) is 5.49. The maximum atomic E-state index is 4.66. The number of anilines is 1. The number of hydrogen-bond donors (Lipinski definition) is 2. The molecule has 0 aliphatic carbocycles. The molecule has 0 spiro atoms. The molecule has 118 valence electrons. The van der Waals surface area contributed by atoms with E-state index in [1.54, 1.807) is 6.21 Å². The number of aromatic amines is 1. The van der Waals surface area contributed by atoms with Gasteiger partial charge in [0.05, 0.1) is 29.5 Å². The number of aromatic nitrogens is 3. The van der Waals surface area contributed by atoms with Crippen molar-refractivity contribution in [1.82, 2.24) is 14.5 Å². The van der Waals surface area contributed by atoms with E-state index in [9.17, 15) is 0 Å². The molecule has 0 saturated carbocycles. The molecule has 0 radical (unpaired) electrons. The fourth-order valence-electron chi connectivity index (χ4n) is 2.67. The van der Waals surface area contributed by atoms with Crippen molar-refractivity contribution in [2.75, 3.05) is 5.43 Å². The Labute approximate surface area is 139 Å². The van der Waals surface area contributed by atoms with Crippen LogP contribution < -0.4 is 5.43 Å². The van der Waals surface area contributed by atoms with Gasteiger partial charge < -0.3 is 9.55 Å². The van der Waals surface area contributed by atoms with Crippen LogP contribution in [0.2, 0.25) is 0 Å². The van der Waals surface area contributed by atoms with Crippen molar-refractivity contribution >= 4 is 23.2 Å². The van der Waals surface area contributed by atoms with Gasteiger partial charge >= 0.3 is 0 Å². The van der Waals surface area contributed by atoms with Crippen LogP contribution in [-0.4, -0.2) is 20.7 Å². The third-order valence-electron chi connectivity index (χ3n) is 3.83. The predicted molar refractivity (Wildman–Crippen MR) is 97.3 cm³/mol. The quantitative estimate of drug-likeness (QED) is 0.434. The van der Waals surface area contributed by atoms with E-state index in [0.717, 1.165) is 29.2 Å². The van der Waals surface area contributed by atoms with Gasteiger partial charge in [-0.05, 0) is 29.8 Å². The van der Waals surface area contributed by atoms with E-state index < -0.39 is 0 Å². The molecule has 0 amide bonds. The first kappa shape index (κ1) is 14.3. The summed E-state index contributed by atoms with van der Waals surface area (Å²) < 4.78 is 2.14. The number of nitrogens with zero attached hydrogens (tertiary/aromatic N) is 3. The monoisotopic (exact) mass is 315 g/mol. The van der Waals surface area contributed by atoms with Crippen molar-refractivity contribution in [3.63, 3.8) is 0 Å². The van der Waals surface area contributed by atoms with Gasteiger partial charge in [-0.25, -0.2) is 10.4 Å². The summed E-state index contributed by atoms with van der Waals surface area (Å²) in [6.07, 6.45) is 3.61. The number of hydrazone groups is 1. The summed E-state index contributed by atoms with van der Waals surface area (Å²) in [5.74, 6) is 0.725. The van der Waals surface area contributed by atoms with Gasteiger partial charge in [0.1, 0.15) is 0 Å². The minimum Gasteiger partial charge on any atom is -0.360 e. The first-order valence-electron chi connectivity index (χ1n) is 7.82. The van der Waals surface area contributed by atoms with E-state index in [0.29, 0.717) is 0 Å². The van der Waals surface area contributed by atoms with E-state index >= 15 is 0 Å². The maximum absolute atomic E-state index is 4.66. The van der Waals surface area contributed by atoms with E-state index in [4.69, 9.17) is 0 Å². The van der Waals surface area contributed by atoms with E-state index in [2.05, 4.69) is 43.3 Å². The molecule has 0 aliphatic heterocycles. The summed E-state index contributed by atoms with van der Waals surface area (Å²) in [7, 11) is 0. The van der Waals surface area contributed by atoms with E-state index in [-0.39, 0.29) is 0 Å². The minimum absolute atomic E-state index is 0.725. The molecule has 0 atom stereocenters. The Balaban J connectivity index is 1.67. The van der Waals surface area contributed by atoms with Crippen LogP contribution in [0.1, 0.15) is 11.3 Å². The van der Waals surface area contributed by atoms with Gasteiger partial charge in [-0.15, -0.1) is 0 Å². The van der Waals surface area contributed by atoms with E-state index in [1.807, 2.05) is 54.7 Å². The number of benzene rings is 2. The summed E-state index contributed by atoms with van der Waals surface area (Å²) in [5.41, 5.74) is 7.25. The summed E-state index contributed by atoms with van der Waals surface area (Å²) >= 11 is 0. The van der Waals surface area contributed by atoms with Crippen LogP contribution in [0.25, 0.3) is 11.0 Å². The number of rotatable bonds is 5. The van der Waals surface area contributed by atoms with Crippen molar-refractivity contribution < 1.29 is 0 Å². The average molecular weight is 315 g/mol. The van der Waals surface area contributed by atoms with Crippen molar-refractivity contribution in [2.24, 2.45) is 5.10 Å². The lowest BCUT2D eigenvalue weighted by atomic mass is 10.2. The van der Waals surface area contributed by atoms with Crippen LogP contribution in [0.4, 0.5) is 5.95 Å². The Morgan fingerprint density at radius 3 is 2.67 bits per heavy atom. The SMILES string of the molecule is C(=NNc1nc2ccccc2n1Cc1ccccc1)c1ccc[nH]1. The topological polar surface area (TPSA) is 58.0 Å². The smallest absolute Gasteiger partial charge is 0.225 e. The number of hydrogen-bond acceptors (Lipinski definition) is 3. The molecule has 0 unspecified atom stereocenters. The molecule has 0 aliphatic rings. The Kier molecular flexibility index (Phi) is 3.81. The highest BCUT2D eigenvalue weighted by Crippen LogP contribution is 2.21. The standard InChI is InChI=1S/C19H17N5/c1-2-7-15(8-3-1)14-24-18-11-5-4-10-17(18)22-19(24)23-21-13-16-9-6-12-20-16/h1-13,20H,14H2,(H,22,23). The summed E-state index contributed by atoms with van der Waals surface area (Å²) in [5, 5.41) is 4.29. The van der Waals surface area contributed by atoms with Crippen LogP contribution in [0.15, 0.2) is 78.0 Å². The Bertz CT molecular complexity index is 952. The molecular formula is C19H17N5. The summed E-state index contributed by atoms with van der Waals surface area (Å²) in [6, 6.07) is 22.3. The molecule has 2 aromatic heterocycles. The molecule has 4 rings (SSSR count). The Hall–Kier alpha value is -3.34. The average Bonchev–Trinajstić information content (AvgIpc) is 3.25. The van der Waals surface area contributed by atoms with Gasteiger partial charge in [0.15, 0.2) is 0 Å². The third-order valence-corrected chi connectivity index (χ3v) is 3.83. The minimum atomic E-state index is 0.725. The number of fused-ring (bicyclic) bond motifs is 1. The molecular weight excluding hydrogens is 298 g/mol. The fourth-order valence-corrected chi connectivity index (χ4v) is 2.67. The van der Waals surface area contributed by atoms with Crippen molar-refractivity contribution in [2.45, 2.75) is 6.54 Å². The largest absolute Gasteiger partial charge is 0.360 e. The van der Waals surface area contributed by atoms with Gasteiger partial charge in [0.25, 0.3) is 0 Å². The van der Waals surface area contributed by atoms with Crippen LogP contribution in [-0.2, 0) is 6.54 Å². The van der Waals surface area contributed by atoms with E-state index in [1.165, 1.54) is 5.56 Å². The molecule has 4 aromatic rings. The van der Waals surface area contributed by atoms with Gasteiger partial charge in [0, 0.05) is 6.20 Å². The van der Waals surface area contributed by atoms with Crippen LogP contribution >= 0.6 is 0 Å². The first-order chi connectivity index (χ1) is 11.9. The second-order valence-electron chi connectivity index (χ2n) is 5.49. The van der Waals surface area contributed by atoms with Crippen molar-refractivity contribution in [3.8, 4) is 0 Å². The molecule has 5 nitrogen and oxygen atoms in total.